The van der Waals surface area contributed by atoms with Crippen LogP contribution < -0.4 is 27.0 Å². The number of carbonyl (C=O) groups is 1. The van der Waals surface area contributed by atoms with Crippen molar-refractivity contribution in [1.29, 1.82) is 0 Å². The minimum atomic E-state index is -0.440. The summed E-state index contributed by atoms with van der Waals surface area (Å²) in [6.07, 6.45) is 0. The lowest BCUT2D eigenvalue weighted by atomic mass is 10.2. The van der Waals surface area contributed by atoms with Gasteiger partial charge in [-0.2, -0.15) is 0 Å². The lowest BCUT2D eigenvalue weighted by molar-refractivity contribution is 0.0955. The Morgan fingerprint density at radius 3 is 2.59 bits per heavy atom. The monoisotopic (exact) mass is 388 g/mol. The summed E-state index contributed by atoms with van der Waals surface area (Å²) < 4.78 is 7.57. The van der Waals surface area contributed by atoms with Gasteiger partial charge in [0.1, 0.15) is 10.6 Å². The summed E-state index contributed by atoms with van der Waals surface area (Å²) >= 11 is 1.11. The van der Waals surface area contributed by atoms with Crippen molar-refractivity contribution in [3.05, 3.63) is 61.6 Å². The third-order valence-corrected chi connectivity index (χ3v) is 5.41. The van der Waals surface area contributed by atoms with Gasteiger partial charge in [-0.25, -0.2) is 4.79 Å². The molecule has 0 aliphatic rings. The maximum Gasteiger partial charge on any atom is 0.331 e. The van der Waals surface area contributed by atoms with Crippen LogP contribution in [0.4, 0.5) is 0 Å². The first kappa shape index (κ1) is 18.9. The number of nitrogens with one attached hydrogen (secondary N) is 1. The zero-order chi connectivity index (χ0) is 19.6. The summed E-state index contributed by atoms with van der Waals surface area (Å²) in [6.45, 7) is 0.656. The smallest absolute Gasteiger partial charge is 0.331 e. The molecule has 3 aromatic rings. The van der Waals surface area contributed by atoms with Crippen LogP contribution in [0.25, 0.3) is 10.2 Å². The van der Waals surface area contributed by atoms with Crippen molar-refractivity contribution in [3.8, 4) is 5.75 Å². The second kappa shape index (κ2) is 7.77. The summed E-state index contributed by atoms with van der Waals surface area (Å²) in [5.41, 5.74) is 5.53. The number of aromatic nitrogens is 2. The molecular formula is C18H20N4O4S. The number of carbonyl (C=O) groups excluding carboxylic acids is 1. The first-order valence-electron chi connectivity index (χ1n) is 8.30. The quantitative estimate of drug-likeness (QED) is 0.645. The minimum Gasteiger partial charge on any atom is -0.497 e. The van der Waals surface area contributed by atoms with E-state index >= 15 is 0 Å². The molecule has 0 atom stereocenters. The van der Waals surface area contributed by atoms with Crippen LogP contribution in [0.1, 0.15) is 15.2 Å². The highest BCUT2D eigenvalue weighted by molar-refractivity contribution is 7.20. The van der Waals surface area contributed by atoms with Gasteiger partial charge < -0.3 is 15.8 Å². The largest absolute Gasteiger partial charge is 0.497 e. The van der Waals surface area contributed by atoms with Gasteiger partial charge in [-0.1, -0.05) is 12.1 Å². The number of nitrogens with zero attached hydrogens (tertiary/aromatic N) is 2. The van der Waals surface area contributed by atoms with Gasteiger partial charge in [-0.15, -0.1) is 11.3 Å². The summed E-state index contributed by atoms with van der Waals surface area (Å²) in [5.74, 6) is 0.438. The highest BCUT2D eigenvalue weighted by atomic mass is 32.1. The van der Waals surface area contributed by atoms with E-state index in [0.717, 1.165) is 27.2 Å². The molecule has 0 spiro atoms. The first-order valence-corrected chi connectivity index (χ1v) is 9.12. The van der Waals surface area contributed by atoms with Crippen molar-refractivity contribution in [2.75, 3.05) is 13.7 Å². The fourth-order valence-electron chi connectivity index (χ4n) is 2.74. The number of nitrogens with two attached hydrogens (primary N) is 1. The van der Waals surface area contributed by atoms with Crippen LogP contribution in [0, 0.1) is 0 Å². The molecule has 8 nitrogen and oxygen atoms in total. The highest BCUT2D eigenvalue weighted by Gasteiger charge is 2.17. The Balaban J connectivity index is 1.86. The fraction of sp³-hybridized carbons (Fsp3) is 0.278. The lowest BCUT2D eigenvalue weighted by Crippen LogP contribution is -2.40. The average molecular weight is 388 g/mol. The van der Waals surface area contributed by atoms with Crippen LogP contribution in [-0.2, 0) is 20.1 Å². The van der Waals surface area contributed by atoms with Gasteiger partial charge >= 0.3 is 5.69 Å². The fourth-order valence-corrected chi connectivity index (χ4v) is 3.76. The molecule has 9 heteroatoms. The predicted octanol–water partition coefficient (Wildman–Crippen LogP) is 0.659. The molecule has 3 N–H and O–H groups in total. The zero-order valence-corrected chi connectivity index (χ0v) is 15.8. The third-order valence-electron chi connectivity index (χ3n) is 4.20. The van der Waals surface area contributed by atoms with Gasteiger partial charge in [-0.3, -0.25) is 18.7 Å². The Hall–Kier alpha value is -2.91. The maximum absolute atomic E-state index is 12.5. The first-order chi connectivity index (χ1) is 13.0. The number of hydrogen-bond donors (Lipinski definition) is 2. The lowest BCUT2D eigenvalue weighted by Gasteiger charge is -2.06. The second-order valence-electron chi connectivity index (χ2n) is 5.95. The molecule has 0 bridgehead atoms. The Kier molecular flexibility index (Phi) is 5.43. The Morgan fingerprint density at radius 2 is 1.96 bits per heavy atom. The molecule has 0 aliphatic heterocycles. The number of aryl methyl sites for hydroxylation is 1. The van der Waals surface area contributed by atoms with E-state index in [0.29, 0.717) is 21.6 Å². The zero-order valence-electron chi connectivity index (χ0n) is 15.0. The van der Waals surface area contributed by atoms with Gasteiger partial charge in [-0.05, 0) is 23.8 Å². The number of ether oxygens (including phenoxy) is 1. The van der Waals surface area contributed by atoms with Crippen molar-refractivity contribution in [3.63, 3.8) is 0 Å². The molecule has 0 unspecified atom stereocenters. The normalized spacial score (nSPS) is 10.9. The van der Waals surface area contributed by atoms with Crippen LogP contribution in [-0.4, -0.2) is 28.7 Å². The van der Waals surface area contributed by atoms with Gasteiger partial charge in [0, 0.05) is 26.7 Å². The highest BCUT2D eigenvalue weighted by Crippen LogP contribution is 2.21. The van der Waals surface area contributed by atoms with E-state index in [-0.39, 0.29) is 19.0 Å². The molecule has 0 saturated heterocycles. The number of hydrogen-bond acceptors (Lipinski definition) is 6. The van der Waals surface area contributed by atoms with E-state index in [1.807, 2.05) is 24.3 Å². The van der Waals surface area contributed by atoms with Crippen LogP contribution in [0.15, 0.2) is 39.9 Å². The van der Waals surface area contributed by atoms with Crippen LogP contribution in [0.2, 0.25) is 0 Å². The third kappa shape index (κ3) is 3.64. The van der Waals surface area contributed by atoms with Crippen molar-refractivity contribution >= 4 is 27.5 Å². The van der Waals surface area contributed by atoms with Gasteiger partial charge in [0.05, 0.1) is 17.4 Å². The van der Waals surface area contributed by atoms with Gasteiger partial charge in [0.15, 0.2) is 0 Å². The van der Waals surface area contributed by atoms with Gasteiger partial charge in [0.2, 0.25) is 0 Å². The van der Waals surface area contributed by atoms with Crippen molar-refractivity contribution in [2.45, 2.75) is 13.1 Å². The van der Waals surface area contributed by atoms with E-state index in [9.17, 15) is 14.4 Å². The van der Waals surface area contributed by atoms with Crippen LogP contribution >= 0.6 is 11.3 Å². The van der Waals surface area contributed by atoms with Crippen molar-refractivity contribution in [1.82, 2.24) is 14.5 Å². The van der Waals surface area contributed by atoms with Crippen molar-refractivity contribution < 1.29 is 9.53 Å². The number of rotatable bonds is 6. The van der Waals surface area contributed by atoms with E-state index in [1.54, 1.807) is 14.2 Å². The molecule has 27 heavy (non-hydrogen) atoms. The minimum absolute atomic E-state index is 0.135. The number of amides is 1. The topological polar surface area (TPSA) is 108 Å². The van der Waals surface area contributed by atoms with E-state index < -0.39 is 11.2 Å². The molecule has 142 valence electrons. The van der Waals surface area contributed by atoms with Crippen LogP contribution in [0.5, 0.6) is 5.75 Å². The molecule has 1 amide bonds. The molecule has 0 saturated carbocycles. The Labute approximate surface area is 158 Å². The molecule has 0 radical (unpaired) electrons. The van der Waals surface area contributed by atoms with E-state index in [1.165, 1.54) is 10.6 Å². The molecule has 2 heterocycles. The SMILES string of the molecule is COc1ccc(CNC(=O)c2cc3c(=O)n(CCN)c(=O)n(C)c3s2)cc1. The summed E-state index contributed by atoms with van der Waals surface area (Å²) in [6, 6.07) is 8.88. The summed E-state index contributed by atoms with van der Waals surface area (Å²) in [5, 5.41) is 3.16. The Bertz CT molecular complexity index is 1100. The number of thiophene rings is 1. The molecule has 2 aromatic heterocycles. The van der Waals surface area contributed by atoms with Crippen molar-refractivity contribution in [2.24, 2.45) is 12.8 Å². The molecule has 0 aliphatic carbocycles. The summed E-state index contributed by atoms with van der Waals surface area (Å²) in [4.78, 5) is 38.2. The Morgan fingerprint density at radius 1 is 1.26 bits per heavy atom. The number of benzene rings is 1. The standard InChI is InChI=1S/C18H20N4O4S/c1-21-17-13(16(24)22(8-7-19)18(21)25)9-14(27-17)15(23)20-10-11-3-5-12(26-2)6-4-11/h3-6,9H,7-8,10,19H2,1-2H3,(H,20,23). The molecule has 1 aromatic carbocycles. The maximum atomic E-state index is 12.5. The number of fused-ring (bicyclic) bond motifs is 1. The van der Waals surface area contributed by atoms with E-state index in [4.69, 9.17) is 10.5 Å². The van der Waals surface area contributed by atoms with Crippen LogP contribution in [0.3, 0.4) is 0 Å². The average Bonchev–Trinajstić information content (AvgIpc) is 3.14. The predicted molar refractivity (Wildman–Crippen MR) is 105 cm³/mol. The molecular weight excluding hydrogens is 368 g/mol. The molecule has 3 rings (SSSR count). The molecule has 0 fully saturated rings. The summed E-state index contributed by atoms with van der Waals surface area (Å²) in [7, 11) is 3.17. The van der Waals surface area contributed by atoms with E-state index in [2.05, 4.69) is 5.32 Å². The van der Waals surface area contributed by atoms with Gasteiger partial charge in [0.25, 0.3) is 11.5 Å². The second-order valence-corrected chi connectivity index (χ2v) is 6.98. The number of methoxy groups -OCH3 is 1.